The van der Waals surface area contributed by atoms with Crippen LogP contribution in [0.15, 0.2) is 18.2 Å². The van der Waals surface area contributed by atoms with Gasteiger partial charge in [0.2, 0.25) is 0 Å². The molecule has 1 aromatic carbocycles. The number of benzene rings is 1. The minimum absolute atomic E-state index is 0.173. The maximum absolute atomic E-state index is 13.2. The van der Waals surface area contributed by atoms with Crippen LogP contribution >= 0.6 is 0 Å². The van der Waals surface area contributed by atoms with Crippen molar-refractivity contribution in [2.45, 2.75) is 33.1 Å². The Hall–Kier alpha value is -1.86. The Morgan fingerprint density at radius 1 is 1.38 bits per heavy atom. The lowest BCUT2D eigenvalue weighted by Gasteiger charge is -2.08. The molecule has 0 saturated carbocycles. The molecule has 1 rings (SSSR count). The number of carbonyl (C=O) groups excluding carboxylic acids is 1. The van der Waals surface area contributed by atoms with Crippen LogP contribution in [0.1, 0.15) is 49.0 Å². The van der Waals surface area contributed by atoms with E-state index in [1.807, 2.05) is 0 Å². The van der Waals surface area contributed by atoms with Crippen LogP contribution in [-0.2, 0) is 0 Å². The molecule has 0 aromatic heterocycles. The molecular formula is C17H23FN2O. The van der Waals surface area contributed by atoms with Crippen LogP contribution in [0.2, 0.25) is 0 Å². The lowest BCUT2D eigenvalue weighted by atomic mass is 10.1. The fraction of sp³-hybridized carbons (Fsp3) is 0.471. The van der Waals surface area contributed by atoms with E-state index >= 15 is 0 Å². The molecule has 0 aliphatic carbocycles. The highest BCUT2D eigenvalue weighted by molar-refractivity contribution is 5.96. The number of halogens is 1. The van der Waals surface area contributed by atoms with Gasteiger partial charge in [-0.1, -0.05) is 38.5 Å². The Bertz CT molecular complexity index is 529. The molecule has 0 aliphatic heterocycles. The van der Waals surface area contributed by atoms with Crippen molar-refractivity contribution in [1.29, 1.82) is 0 Å². The van der Waals surface area contributed by atoms with Gasteiger partial charge in [0.25, 0.3) is 5.91 Å². The van der Waals surface area contributed by atoms with E-state index < -0.39 is 5.82 Å². The summed E-state index contributed by atoms with van der Waals surface area (Å²) in [7, 11) is 0. The van der Waals surface area contributed by atoms with E-state index in [-0.39, 0.29) is 12.5 Å². The highest BCUT2D eigenvalue weighted by Crippen LogP contribution is 2.11. The minimum atomic E-state index is -0.412. The number of unbranched alkanes of at least 4 members (excludes halogenated alkanes) is 1. The third kappa shape index (κ3) is 6.42. The summed E-state index contributed by atoms with van der Waals surface area (Å²) in [5, 5.41) is 2.85. The number of hydrogen-bond donors (Lipinski definition) is 2. The van der Waals surface area contributed by atoms with Gasteiger partial charge in [0.1, 0.15) is 5.82 Å². The topological polar surface area (TPSA) is 55.1 Å². The average Bonchev–Trinajstić information content (AvgIpc) is 2.44. The van der Waals surface area contributed by atoms with Gasteiger partial charge < -0.3 is 11.1 Å². The third-order valence-corrected chi connectivity index (χ3v) is 3.05. The highest BCUT2D eigenvalue weighted by Gasteiger charge is 2.10. The number of carbonyl (C=O) groups is 1. The van der Waals surface area contributed by atoms with Gasteiger partial charge in [-0.3, -0.25) is 4.79 Å². The molecule has 4 heteroatoms. The summed E-state index contributed by atoms with van der Waals surface area (Å²) in [6, 6.07) is 3.98. The zero-order valence-corrected chi connectivity index (χ0v) is 12.7. The molecule has 0 heterocycles. The molecule has 0 fully saturated rings. The predicted molar refractivity (Wildman–Crippen MR) is 83.4 cm³/mol. The maximum Gasteiger partial charge on any atom is 0.252 e. The van der Waals surface area contributed by atoms with E-state index in [0.29, 0.717) is 23.6 Å². The fourth-order valence-electron chi connectivity index (χ4n) is 1.94. The maximum atomic E-state index is 13.2. The van der Waals surface area contributed by atoms with E-state index in [4.69, 9.17) is 5.73 Å². The Balaban J connectivity index is 2.61. The van der Waals surface area contributed by atoms with Gasteiger partial charge in [-0.25, -0.2) is 4.39 Å². The van der Waals surface area contributed by atoms with Gasteiger partial charge in [-0.05, 0) is 30.5 Å². The summed E-state index contributed by atoms with van der Waals surface area (Å²) in [6.45, 7) is 5.15. The van der Waals surface area contributed by atoms with Gasteiger partial charge in [0, 0.05) is 12.1 Å². The quantitative estimate of drug-likeness (QED) is 0.625. The Morgan fingerprint density at radius 2 is 2.14 bits per heavy atom. The van der Waals surface area contributed by atoms with Gasteiger partial charge in [0.05, 0.1) is 12.1 Å². The van der Waals surface area contributed by atoms with Gasteiger partial charge in [-0.2, -0.15) is 0 Å². The van der Waals surface area contributed by atoms with Crippen LogP contribution in [0.25, 0.3) is 0 Å². The third-order valence-electron chi connectivity index (χ3n) is 3.05. The molecule has 0 atom stereocenters. The average molecular weight is 290 g/mol. The molecule has 3 nitrogen and oxygen atoms in total. The van der Waals surface area contributed by atoms with Crippen LogP contribution in [0.3, 0.4) is 0 Å². The second-order valence-corrected chi connectivity index (χ2v) is 5.34. The first-order chi connectivity index (χ1) is 10.0. The first kappa shape index (κ1) is 17.2. The molecular weight excluding hydrogens is 267 g/mol. The number of nitrogens with one attached hydrogen (secondary N) is 1. The molecule has 1 amide bonds. The van der Waals surface area contributed by atoms with E-state index in [9.17, 15) is 9.18 Å². The van der Waals surface area contributed by atoms with Crippen LogP contribution in [0.5, 0.6) is 0 Å². The molecule has 0 aliphatic rings. The number of amides is 1. The fourth-order valence-corrected chi connectivity index (χ4v) is 1.94. The largest absolute Gasteiger partial charge is 0.352 e. The van der Waals surface area contributed by atoms with Crippen molar-refractivity contribution in [3.8, 4) is 11.8 Å². The Labute approximate surface area is 126 Å². The zero-order valence-electron chi connectivity index (χ0n) is 12.7. The number of rotatable bonds is 6. The van der Waals surface area contributed by atoms with E-state index in [0.717, 1.165) is 19.3 Å². The van der Waals surface area contributed by atoms with Crippen LogP contribution in [0.4, 0.5) is 4.39 Å². The normalized spacial score (nSPS) is 10.1. The standard InChI is InChI=1S/C17H23FN2O/c1-13(2)6-3-4-11-20-17(21)16-9-8-15(18)12-14(16)7-5-10-19/h8-9,12-13H,3-4,6,10-11,19H2,1-2H3,(H,20,21). The predicted octanol–water partition coefficient (Wildman–Crippen LogP) is 2.69. The number of hydrogen-bond acceptors (Lipinski definition) is 2. The molecule has 21 heavy (non-hydrogen) atoms. The summed E-state index contributed by atoms with van der Waals surface area (Å²) in [6.07, 6.45) is 3.18. The van der Waals surface area contributed by atoms with Gasteiger partial charge >= 0.3 is 0 Å². The summed E-state index contributed by atoms with van der Waals surface area (Å²) in [4.78, 5) is 12.1. The van der Waals surface area contributed by atoms with Crippen molar-refractivity contribution in [2.24, 2.45) is 11.7 Å². The number of nitrogens with two attached hydrogens (primary N) is 1. The molecule has 0 radical (unpaired) electrons. The molecule has 114 valence electrons. The van der Waals surface area contributed by atoms with Crippen molar-refractivity contribution in [2.75, 3.05) is 13.1 Å². The van der Waals surface area contributed by atoms with Crippen molar-refractivity contribution in [3.63, 3.8) is 0 Å². The van der Waals surface area contributed by atoms with E-state index in [1.165, 1.54) is 18.2 Å². The van der Waals surface area contributed by atoms with Crippen molar-refractivity contribution < 1.29 is 9.18 Å². The smallest absolute Gasteiger partial charge is 0.252 e. The molecule has 0 unspecified atom stereocenters. The van der Waals surface area contributed by atoms with Crippen LogP contribution in [-0.4, -0.2) is 19.0 Å². The lowest BCUT2D eigenvalue weighted by molar-refractivity contribution is 0.0952. The molecule has 0 saturated heterocycles. The highest BCUT2D eigenvalue weighted by atomic mass is 19.1. The van der Waals surface area contributed by atoms with Crippen molar-refractivity contribution in [3.05, 3.63) is 35.1 Å². The van der Waals surface area contributed by atoms with Gasteiger partial charge in [-0.15, -0.1) is 0 Å². The Morgan fingerprint density at radius 3 is 2.81 bits per heavy atom. The van der Waals surface area contributed by atoms with E-state index in [1.54, 1.807) is 0 Å². The lowest BCUT2D eigenvalue weighted by Crippen LogP contribution is -2.25. The monoisotopic (exact) mass is 290 g/mol. The minimum Gasteiger partial charge on any atom is -0.352 e. The second kappa shape index (κ2) is 9.15. The molecule has 0 bridgehead atoms. The summed E-state index contributed by atoms with van der Waals surface area (Å²) in [5.41, 5.74) is 6.08. The molecule has 3 N–H and O–H groups in total. The Kier molecular flexibility index (Phi) is 7.49. The summed E-state index contributed by atoms with van der Waals surface area (Å²) in [5.74, 6) is 5.43. The summed E-state index contributed by atoms with van der Waals surface area (Å²) < 4.78 is 13.2. The molecule has 0 spiro atoms. The van der Waals surface area contributed by atoms with E-state index in [2.05, 4.69) is 31.0 Å². The van der Waals surface area contributed by atoms with Crippen LogP contribution < -0.4 is 11.1 Å². The first-order valence-corrected chi connectivity index (χ1v) is 7.31. The van der Waals surface area contributed by atoms with Crippen molar-refractivity contribution >= 4 is 5.91 Å². The summed E-state index contributed by atoms with van der Waals surface area (Å²) >= 11 is 0. The zero-order chi connectivity index (χ0) is 15.7. The van der Waals surface area contributed by atoms with Gasteiger partial charge in [0.15, 0.2) is 0 Å². The molecule has 1 aromatic rings. The SMILES string of the molecule is CC(C)CCCCNC(=O)c1ccc(F)cc1C#CCN. The first-order valence-electron chi connectivity index (χ1n) is 7.31. The second-order valence-electron chi connectivity index (χ2n) is 5.34. The van der Waals surface area contributed by atoms with Crippen molar-refractivity contribution in [1.82, 2.24) is 5.32 Å². The van der Waals surface area contributed by atoms with Crippen LogP contribution in [0, 0.1) is 23.6 Å².